The number of carbonyl (C=O) groups is 1. The first-order chi connectivity index (χ1) is 14.7. The molecule has 0 unspecified atom stereocenters. The van der Waals surface area contributed by atoms with Crippen molar-refractivity contribution < 1.29 is 14.3 Å². The molecule has 1 rings (SSSR count). The molecule has 0 aliphatic heterocycles. The van der Waals surface area contributed by atoms with Crippen molar-refractivity contribution >= 4 is 12.0 Å². The number of hydrogen-bond acceptors (Lipinski definition) is 4. The summed E-state index contributed by atoms with van der Waals surface area (Å²) in [6.07, 6.45) is 11.7. The summed E-state index contributed by atoms with van der Waals surface area (Å²) in [7, 11) is 1.71. The van der Waals surface area contributed by atoms with E-state index < -0.39 is 0 Å². The zero-order chi connectivity index (χ0) is 23.4. The summed E-state index contributed by atoms with van der Waals surface area (Å²) in [6.45, 7) is 17.6. The first-order valence-corrected chi connectivity index (χ1v) is 11.0. The second-order valence-corrected chi connectivity index (χ2v) is 7.75. The topological polar surface area (TPSA) is 38.8 Å². The number of nitrogens with zero attached hydrogens (tertiary/aromatic N) is 1. The number of carbonyl (C=O) groups excluding carboxylic acids is 1. The maximum absolute atomic E-state index is 11.9. The molecule has 0 saturated heterocycles. The molecule has 0 saturated carbocycles. The Kier molecular flexibility index (Phi) is 11.7. The SMILES string of the molecule is CCN(CC)CCOC(=O)/C=C(C)/C=C/C=C(C)/C=C/c1c(C)cc(OC)c(C)c1C. The third-order valence-corrected chi connectivity index (χ3v) is 5.45. The average molecular weight is 426 g/mol. The quantitative estimate of drug-likeness (QED) is 0.249. The standard InChI is InChI=1S/C27H39NO3/c1-9-28(10-2)16-17-31-27(29)18-21(4)13-11-12-20(3)14-15-25-22(5)19-26(30-8)24(7)23(25)6/h11-15,18-19H,9-10,16-17H2,1-8H3/b13-11+,15-14+,20-12+,21-18+. The zero-order valence-electron chi connectivity index (χ0n) is 20.5. The molecule has 0 fully saturated rings. The number of rotatable bonds is 11. The minimum atomic E-state index is -0.296. The van der Waals surface area contributed by atoms with E-state index in [2.05, 4.69) is 64.7 Å². The van der Waals surface area contributed by atoms with E-state index in [4.69, 9.17) is 9.47 Å². The molecular formula is C27H39NO3. The van der Waals surface area contributed by atoms with Gasteiger partial charge >= 0.3 is 5.97 Å². The van der Waals surface area contributed by atoms with Crippen LogP contribution in [0.3, 0.4) is 0 Å². The molecule has 0 N–H and O–H groups in total. The maximum atomic E-state index is 11.9. The van der Waals surface area contributed by atoms with E-state index in [1.54, 1.807) is 7.11 Å². The van der Waals surface area contributed by atoms with Crippen LogP contribution in [0.1, 0.15) is 49.9 Å². The fraction of sp³-hybridized carbons (Fsp3) is 0.444. The van der Waals surface area contributed by atoms with Gasteiger partial charge in [0.25, 0.3) is 0 Å². The number of methoxy groups -OCH3 is 1. The van der Waals surface area contributed by atoms with Crippen LogP contribution in [0.25, 0.3) is 6.08 Å². The molecule has 0 aliphatic carbocycles. The molecule has 0 spiro atoms. The van der Waals surface area contributed by atoms with Gasteiger partial charge in [0.15, 0.2) is 0 Å². The van der Waals surface area contributed by atoms with Crippen LogP contribution >= 0.6 is 0 Å². The predicted molar refractivity (Wildman–Crippen MR) is 132 cm³/mol. The molecule has 1 aromatic rings. The summed E-state index contributed by atoms with van der Waals surface area (Å²) < 4.78 is 10.7. The third-order valence-electron chi connectivity index (χ3n) is 5.45. The Bertz CT molecular complexity index is 856. The Morgan fingerprint density at radius 2 is 1.71 bits per heavy atom. The highest BCUT2D eigenvalue weighted by Gasteiger charge is 2.08. The lowest BCUT2D eigenvalue weighted by Gasteiger charge is -2.17. The van der Waals surface area contributed by atoms with Gasteiger partial charge in [0.1, 0.15) is 12.4 Å². The van der Waals surface area contributed by atoms with Crippen LogP contribution in [0.15, 0.2) is 47.6 Å². The number of likely N-dealkylation sites (N-methyl/N-ethyl adjacent to an activating group) is 1. The molecule has 31 heavy (non-hydrogen) atoms. The molecule has 0 aromatic heterocycles. The molecule has 4 nitrogen and oxygen atoms in total. The van der Waals surface area contributed by atoms with Crippen LogP contribution in [-0.2, 0) is 9.53 Å². The summed E-state index contributed by atoms with van der Waals surface area (Å²) >= 11 is 0. The maximum Gasteiger partial charge on any atom is 0.331 e. The number of esters is 1. The lowest BCUT2D eigenvalue weighted by molar-refractivity contribution is -0.138. The van der Waals surface area contributed by atoms with E-state index >= 15 is 0 Å². The third kappa shape index (κ3) is 8.97. The van der Waals surface area contributed by atoms with E-state index in [-0.39, 0.29) is 5.97 Å². The summed E-state index contributed by atoms with van der Waals surface area (Å²) in [5, 5.41) is 0. The van der Waals surface area contributed by atoms with Crippen molar-refractivity contribution in [1.29, 1.82) is 0 Å². The lowest BCUT2D eigenvalue weighted by Crippen LogP contribution is -2.27. The average Bonchev–Trinajstić information content (AvgIpc) is 2.73. The van der Waals surface area contributed by atoms with Gasteiger partial charge in [-0.2, -0.15) is 0 Å². The van der Waals surface area contributed by atoms with Crippen LogP contribution < -0.4 is 4.74 Å². The first-order valence-electron chi connectivity index (χ1n) is 11.0. The van der Waals surface area contributed by atoms with Crippen molar-refractivity contribution in [2.75, 3.05) is 33.4 Å². The molecule has 0 bridgehead atoms. The molecule has 170 valence electrons. The van der Waals surface area contributed by atoms with E-state index in [1.807, 2.05) is 25.2 Å². The fourth-order valence-electron chi connectivity index (χ4n) is 3.25. The summed E-state index contributed by atoms with van der Waals surface area (Å²) in [5.41, 5.74) is 6.79. The normalized spacial score (nSPS) is 12.9. The monoisotopic (exact) mass is 425 g/mol. The van der Waals surface area contributed by atoms with Crippen LogP contribution in [0.5, 0.6) is 5.75 Å². The Morgan fingerprint density at radius 1 is 1.03 bits per heavy atom. The summed E-state index contributed by atoms with van der Waals surface area (Å²) in [6, 6.07) is 2.08. The highest BCUT2D eigenvalue weighted by molar-refractivity contribution is 5.83. The highest BCUT2D eigenvalue weighted by Crippen LogP contribution is 2.28. The Labute approximate surface area is 188 Å². The predicted octanol–water partition coefficient (Wildman–Crippen LogP) is 5.97. The number of hydrogen-bond donors (Lipinski definition) is 0. The summed E-state index contributed by atoms with van der Waals surface area (Å²) in [5.74, 6) is 0.631. The van der Waals surface area contributed by atoms with Gasteiger partial charge in [0.05, 0.1) is 7.11 Å². The van der Waals surface area contributed by atoms with Gasteiger partial charge in [-0.25, -0.2) is 4.79 Å². The van der Waals surface area contributed by atoms with Gasteiger partial charge in [0, 0.05) is 12.6 Å². The van der Waals surface area contributed by atoms with E-state index in [9.17, 15) is 4.79 Å². The van der Waals surface area contributed by atoms with Crippen LogP contribution in [-0.4, -0.2) is 44.2 Å². The number of aryl methyl sites for hydroxylation is 1. The van der Waals surface area contributed by atoms with Crippen LogP contribution in [0.4, 0.5) is 0 Å². The number of allylic oxidation sites excluding steroid dienone is 6. The number of ether oxygens (including phenoxy) is 2. The van der Waals surface area contributed by atoms with E-state index in [0.717, 1.165) is 36.5 Å². The second kappa shape index (κ2) is 13.7. The van der Waals surface area contributed by atoms with Crippen LogP contribution in [0.2, 0.25) is 0 Å². The molecular weight excluding hydrogens is 386 g/mol. The van der Waals surface area contributed by atoms with Gasteiger partial charge in [-0.1, -0.05) is 49.8 Å². The van der Waals surface area contributed by atoms with Crippen molar-refractivity contribution in [3.05, 3.63) is 69.8 Å². The Morgan fingerprint density at radius 3 is 2.32 bits per heavy atom. The first kappa shape index (κ1) is 26.4. The molecule has 0 radical (unpaired) electrons. The van der Waals surface area contributed by atoms with Crippen molar-refractivity contribution in [2.24, 2.45) is 0 Å². The zero-order valence-corrected chi connectivity index (χ0v) is 20.5. The van der Waals surface area contributed by atoms with E-state index in [1.165, 1.54) is 28.3 Å². The molecule has 1 aromatic carbocycles. The molecule has 0 atom stereocenters. The van der Waals surface area contributed by atoms with Crippen molar-refractivity contribution in [2.45, 2.75) is 48.5 Å². The smallest absolute Gasteiger partial charge is 0.331 e. The number of benzene rings is 1. The highest BCUT2D eigenvalue weighted by atomic mass is 16.5. The lowest BCUT2D eigenvalue weighted by atomic mass is 9.96. The minimum Gasteiger partial charge on any atom is -0.496 e. The molecule has 0 amide bonds. The van der Waals surface area contributed by atoms with Gasteiger partial charge in [0.2, 0.25) is 0 Å². The molecule has 0 heterocycles. The Balaban J connectivity index is 2.70. The Hall–Kier alpha value is -2.59. The van der Waals surface area contributed by atoms with Gasteiger partial charge < -0.3 is 14.4 Å². The van der Waals surface area contributed by atoms with Crippen molar-refractivity contribution in [3.8, 4) is 5.75 Å². The largest absolute Gasteiger partial charge is 0.496 e. The molecule has 0 aliphatic rings. The van der Waals surface area contributed by atoms with Crippen molar-refractivity contribution in [3.63, 3.8) is 0 Å². The van der Waals surface area contributed by atoms with Gasteiger partial charge in [-0.15, -0.1) is 0 Å². The molecule has 4 heteroatoms. The van der Waals surface area contributed by atoms with E-state index in [0.29, 0.717) is 6.61 Å². The van der Waals surface area contributed by atoms with Crippen molar-refractivity contribution in [1.82, 2.24) is 4.90 Å². The fourth-order valence-corrected chi connectivity index (χ4v) is 3.25. The van der Waals surface area contributed by atoms with Crippen LogP contribution in [0, 0.1) is 20.8 Å². The van der Waals surface area contributed by atoms with Gasteiger partial charge in [-0.05, 0) is 81.6 Å². The second-order valence-electron chi connectivity index (χ2n) is 7.75. The minimum absolute atomic E-state index is 0.296. The van der Waals surface area contributed by atoms with Gasteiger partial charge in [-0.3, -0.25) is 0 Å². The summed E-state index contributed by atoms with van der Waals surface area (Å²) in [4.78, 5) is 14.1.